The molecule has 0 rings (SSSR count). The molecule has 19 heteroatoms. The minimum Gasteiger partial charge on any atom is -0.462 e. The summed E-state index contributed by atoms with van der Waals surface area (Å²) in [5.41, 5.74) is 0. The summed E-state index contributed by atoms with van der Waals surface area (Å²) in [4.78, 5) is 72.9. The molecular weight excluding hydrogens is 1290 g/mol. The molecule has 0 aliphatic heterocycles. The van der Waals surface area contributed by atoms with E-state index in [2.05, 4.69) is 55.4 Å². The van der Waals surface area contributed by atoms with Gasteiger partial charge in [0.05, 0.1) is 26.4 Å². The van der Waals surface area contributed by atoms with Crippen LogP contribution in [0.25, 0.3) is 0 Å². The first-order chi connectivity index (χ1) is 47.6. The molecule has 0 aromatic heterocycles. The van der Waals surface area contributed by atoms with Gasteiger partial charge in [0.2, 0.25) is 0 Å². The molecule has 0 aromatic rings. The predicted molar refractivity (Wildman–Crippen MR) is 404 cm³/mol. The SMILES string of the molecule is CCC(C)CCCCCCCCCCCCC(=O)O[C@H](COC(=O)CCCCCCCCC(C)C)COP(=O)(O)OC[C@H](O)COP(=O)(O)OC[C@@H](COC(=O)CCCCCCCCCCCCCCCCCCCCC(C)C)OC(=O)CCCCCCCCCCCCCCC(C)C. The van der Waals surface area contributed by atoms with Crippen LogP contribution in [-0.4, -0.2) is 96.7 Å². The molecular formula is C80H156O17P2. The Morgan fingerprint density at radius 1 is 0.283 bits per heavy atom. The van der Waals surface area contributed by atoms with E-state index >= 15 is 0 Å². The van der Waals surface area contributed by atoms with Crippen LogP contribution in [0.4, 0.5) is 0 Å². The van der Waals surface area contributed by atoms with Crippen LogP contribution in [0.2, 0.25) is 0 Å². The first-order valence-electron chi connectivity index (χ1n) is 41.2. The molecule has 0 saturated carbocycles. The lowest BCUT2D eigenvalue weighted by Gasteiger charge is -2.21. The van der Waals surface area contributed by atoms with E-state index in [1.165, 1.54) is 205 Å². The summed E-state index contributed by atoms with van der Waals surface area (Å²) in [7, 11) is -9.92. The van der Waals surface area contributed by atoms with Gasteiger partial charge in [-0.3, -0.25) is 37.3 Å². The standard InChI is InChI=1S/C80H156O17P2/c1-9-73(8)59-51-43-34-28-24-25-31-37-47-55-63-80(85)97-76(67-91-78(83)61-53-45-39-38-42-50-58-72(6)7)69-95-99(88,89)93-65-74(81)64-92-98(86,87)94-68-75(96-79(84)62-54-46-36-30-23-19-18-21-27-33-41-49-57-71(4)5)66-90-77(82)60-52-44-35-29-22-17-15-13-11-10-12-14-16-20-26-32-40-48-56-70(2)3/h70-76,81H,9-69H2,1-8H3,(H,86,87)(H,88,89)/t73?,74-,75-,76-/m1/s1. The molecule has 0 bridgehead atoms. The molecule has 17 nitrogen and oxygen atoms in total. The Hall–Kier alpha value is -1.94. The average molecular weight is 1450 g/mol. The van der Waals surface area contributed by atoms with Gasteiger partial charge in [0.1, 0.15) is 19.3 Å². The predicted octanol–water partition coefficient (Wildman–Crippen LogP) is 23.6. The van der Waals surface area contributed by atoms with Crippen LogP contribution >= 0.6 is 15.6 Å². The van der Waals surface area contributed by atoms with Crippen molar-refractivity contribution in [2.24, 2.45) is 23.7 Å². The fraction of sp³-hybridized carbons (Fsp3) is 0.950. The van der Waals surface area contributed by atoms with Gasteiger partial charge in [-0.2, -0.15) is 0 Å². The molecule has 0 heterocycles. The molecule has 6 atom stereocenters. The van der Waals surface area contributed by atoms with Crippen LogP contribution in [-0.2, 0) is 65.4 Å². The molecule has 0 aromatic carbocycles. The highest BCUT2D eigenvalue weighted by atomic mass is 31.2. The van der Waals surface area contributed by atoms with Gasteiger partial charge in [-0.25, -0.2) is 9.13 Å². The Labute approximate surface area is 607 Å². The number of carbonyl (C=O) groups excluding carboxylic acids is 4. The zero-order chi connectivity index (χ0) is 73.1. The zero-order valence-electron chi connectivity index (χ0n) is 65.1. The van der Waals surface area contributed by atoms with Crippen molar-refractivity contribution >= 4 is 39.5 Å². The van der Waals surface area contributed by atoms with E-state index in [4.69, 9.17) is 37.0 Å². The van der Waals surface area contributed by atoms with Crippen molar-refractivity contribution in [3.05, 3.63) is 0 Å². The molecule has 0 fully saturated rings. The lowest BCUT2D eigenvalue weighted by atomic mass is 9.99. The van der Waals surface area contributed by atoms with Gasteiger partial charge in [0.15, 0.2) is 12.2 Å². The van der Waals surface area contributed by atoms with E-state index in [0.717, 1.165) is 114 Å². The quantitative estimate of drug-likeness (QED) is 0.0222. The van der Waals surface area contributed by atoms with Crippen molar-refractivity contribution in [2.45, 2.75) is 427 Å². The highest BCUT2D eigenvalue weighted by Crippen LogP contribution is 2.45. The molecule has 3 unspecified atom stereocenters. The van der Waals surface area contributed by atoms with Crippen LogP contribution in [0.5, 0.6) is 0 Å². The number of hydrogen-bond donors (Lipinski definition) is 3. The smallest absolute Gasteiger partial charge is 0.462 e. The Morgan fingerprint density at radius 3 is 0.717 bits per heavy atom. The summed E-state index contributed by atoms with van der Waals surface area (Å²) < 4.78 is 68.6. The second-order valence-electron chi connectivity index (χ2n) is 30.5. The molecule has 3 N–H and O–H groups in total. The maximum Gasteiger partial charge on any atom is 0.472 e. The summed E-state index contributed by atoms with van der Waals surface area (Å²) in [5.74, 6) is 0.964. The molecule has 99 heavy (non-hydrogen) atoms. The van der Waals surface area contributed by atoms with E-state index in [1.54, 1.807) is 0 Å². The number of carbonyl (C=O) groups is 4. The summed E-state index contributed by atoms with van der Waals surface area (Å²) >= 11 is 0. The van der Waals surface area contributed by atoms with E-state index in [-0.39, 0.29) is 25.7 Å². The number of ether oxygens (including phenoxy) is 4. The molecule has 0 spiro atoms. The zero-order valence-corrected chi connectivity index (χ0v) is 66.9. The van der Waals surface area contributed by atoms with Crippen LogP contribution in [0.1, 0.15) is 409 Å². The Balaban J connectivity index is 5.20. The maximum absolute atomic E-state index is 13.1. The molecule has 0 aliphatic carbocycles. The summed E-state index contributed by atoms with van der Waals surface area (Å²) in [5, 5.41) is 10.6. The van der Waals surface area contributed by atoms with Gasteiger partial charge in [0.25, 0.3) is 0 Å². The number of phosphoric ester groups is 2. The molecule has 0 radical (unpaired) electrons. The fourth-order valence-electron chi connectivity index (χ4n) is 12.2. The molecule has 0 aliphatic rings. The first kappa shape index (κ1) is 97.1. The summed E-state index contributed by atoms with van der Waals surface area (Å²) in [6.45, 7) is 14.2. The minimum atomic E-state index is -4.96. The third-order valence-electron chi connectivity index (χ3n) is 18.9. The van der Waals surface area contributed by atoms with Crippen molar-refractivity contribution < 1.29 is 80.2 Å². The van der Waals surface area contributed by atoms with Gasteiger partial charge < -0.3 is 33.8 Å². The van der Waals surface area contributed by atoms with Crippen LogP contribution < -0.4 is 0 Å². The Morgan fingerprint density at radius 2 is 0.485 bits per heavy atom. The highest BCUT2D eigenvalue weighted by molar-refractivity contribution is 7.47. The topological polar surface area (TPSA) is 237 Å². The van der Waals surface area contributed by atoms with Crippen LogP contribution in [0.3, 0.4) is 0 Å². The largest absolute Gasteiger partial charge is 0.472 e. The first-order valence-corrected chi connectivity index (χ1v) is 44.2. The van der Waals surface area contributed by atoms with Crippen molar-refractivity contribution in [3.8, 4) is 0 Å². The number of phosphoric acid groups is 2. The lowest BCUT2D eigenvalue weighted by molar-refractivity contribution is -0.161. The Bertz CT molecular complexity index is 1940. The maximum atomic E-state index is 13.1. The van der Waals surface area contributed by atoms with E-state index in [9.17, 15) is 43.2 Å². The van der Waals surface area contributed by atoms with Crippen molar-refractivity contribution in [2.75, 3.05) is 39.6 Å². The number of hydrogen-bond acceptors (Lipinski definition) is 15. The van der Waals surface area contributed by atoms with Crippen molar-refractivity contribution in [3.63, 3.8) is 0 Å². The highest BCUT2D eigenvalue weighted by Gasteiger charge is 2.30. The molecule has 588 valence electrons. The third-order valence-corrected chi connectivity index (χ3v) is 20.8. The number of esters is 4. The van der Waals surface area contributed by atoms with E-state index in [1.807, 2.05) is 0 Å². The number of unbranched alkanes of at least 4 members (excludes halogenated alkanes) is 42. The van der Waals surface area contributed by atoms with E-state index < -0.39 is 97.5 Å². The second-order valence-corrected chi connectivity index (χ2v) is 33.4. The van der Waals surface area contributed by atoms with E-state index in [0.29, 0.717) is 31.6 Å². The number of aliphatic hydroxyl groups excluding tert-OH is 1. The van der Waals surface area contributed by atoms with Crippen LogP contribution in [0.15, 0.2) is 0 Å². The van der Waals surface area contributed by atoms with Gasteiger partial charge in [-0.05, 0) is 49.4 Å². The lowest BCUT2D eigenvalue weighted by Crippen LogP contribution is -2.30. The third kappa shape index (κ3) is 72.8. The van der Waals surface area contributed by atoms with Gasteiger partial charge in [-0.1, -0.05) is 357 Å². The fourth-order valence-corrected chi connectivity index (χ4v) is 13.8. The number of aliphatic hydroxyl groups is 1. The summed E-state index contributed by atoms with van der Waals surface area (Å²) in [6, 6.07) is 0. The second kappa shape index (κ2) is 69.1. The van der Waals surface area contributed by atoms with Gasteiger partial charge in [-0.15, -0.1) is 0 Å². The molecule has 0 saturated heterocycles. The van der Waals surface area contributed by atoms with Gasteiger partial charge >= 0.3 is 39.5 Å². The minimum absolute atomic E-state index is 0.105. The normalized spacial score (nSPS) is 14.3. The van der Waals surface area contributed by atoms with Crippen molar-refractivity contribution in [1.29, 1.82) is 0 Å². The number of rotatable bonds is 77. The average Bonchev–Trinajstić information content (AvgIpc) is 1.10. The van der Waals surface area contributed by atoms with Crippen LogP contribution in [0, 0.1) is 23.7 Å². The van der Waals surface area contributed by atoms with Crippen molar-refractivity contribution in [1.82, 2.24) is 0 Å². The molecule has 0 amide bonds. The summed E-state index contributed by atoms with van der Waals surface area (Å²) in [6.07, 6.45) is 55.7. The van der Waals surface area contributed by atoms with Gasteiger partial charge in [0, 0.05) is 25.7 Å². The monoisotopic (exact) mass is 1450 g/mol. The Kier molecular flexibility index (Phi) is 67.8.